The molecule has 2 aromatic carbocycles. The van der Waals surface area contributed by atoms with Crippen molar-refractivity contribution in [1.82, 2.24) is 0 Å². The second-order valence-corrected chi connectivity index (χ2v) is 13.7. The van der Waals surface area contributed by atoms with E-state index in [4.69, 9.17) is 4.18 Å². The van der Waals surface area contributed by atoms with E-state index in [9.17, 15) is 21.6 Å². The topological polar surface area (TPSA) is 43.4 Å². The van der Waals surface area contributed by atoms with Gasteiger partial charge in [-0.2, -0.15) is 21.6 Å². The molecule has 0 spiro atoms. The molecule has 0 amide bonds. The Bertz CT molecular complexity index is 904. The summed E-state index contributed by atoms with van der Waals surface area (Å²) in [5.41, 5.74) is -5.18. The molecule has 0 saturated carbocycles. The molecule has 0 aliphatic carbocycles. The molecule has 3 nitrogen and oxygen atoms in total. The number of hydrogen-bond acceptors (Lipinski definition) is 3. The molecule has 2 aromatic rings. The van der Waals surface area contributed by atoms with Gasteiger partial charge in [0.05, 0.1) is 0 Å². The van der Waals surface area contributed by atoms with Crippen LogP contribution in [0.1, 0.15) is 40.5 Å². The van der Waals surface area contributed by atoms with Crippen LogP contribution in [0.5, 0.6) is 5.75 Å². The summed E-state index contributed by atoms with van der Waals surface area (Å²) in [4.78, 5) is 0. The van der Waals surface area contributed by atoms with Crippen LogP contribution in [-0.4, -0.2) is 22.0 Å². The minimum atomic E-state index is -5.76. The second kappa shape index (κ2) is 8.91. The van der Waals surface area contributed by atoms with Crippen molar-refractivity contribution in [3.8, 4) is 5.75 Å². The molecular weight excluding hydrogens is 417 g/mol. The van der Waals surface area contributed by atoms with Gasteiger partial charge in [0.1, 0.15) is 13.8 Å². The van der Waals surface area contributed by atoms with E-state index < -0.39 is 23.7 Å². The van der Waals surface area contributed by atoms with Gasteiger partial charge in [0.25, 0.3) is 0 Å². The van der Waals surface area contributed by atoms with Crippen LogP contribution in [0.2, 0.25) is 11.1 Å². The average Bonchev–Trinajstić information content (AvgIpc) is 2.69. The zero-order chi connectivity index (χ0) is 21.9. The van der Waals surface area contributed by atoms with Gasteiger partial charge in [-0.1, -0.05) is 94.3 Å². The van der Waals surface area contributed by atoms with Crippen LogP contribution >= 0.6 is 0 Å². The summed E-state index contributed by atoms with van der Waals surface area (Å²) >= 11 is 0. The summed E-state index contributed by atoms with van der Waals surface area (Å²) in [5.74, 6) is -0.221. The number of alkyl halides is 3. The minimum Gasteiger partial charge on any atom is -0.376 e. The average molecular weight is 445 g/mol. The number of para-hydroxylation sites is 1. The first-order valence-electron chi connectivity index (χ1n) is 9.68. The summed E-state index contributed by atoms with van der Waals surface area (Å²) in [6.45, 7) is 8.29. The summed E-state index contributed by atoms with van der Waals surface area (Å²) < 4.78 is 67.3. The van der Waals surface area contributed by atoms with Crippen LogP contribution in [-0.2, 0) is 10.1 Å². The van der Waals surface area contributed by atoms with Crippen molar-refractivity contribution < 1.29 is 25.8 Å². The summed E-state index contributed by atoms with van der Waals surface area (Å²) in [6.07, 6.45) is 1.62. The maximum atomic E-state index is 13.0. The second-order valence-electron chi connectivity index (χ2n) is 7.33. The highest BCUT2D eigenvalue weighted by Gasteiger charge is 2.51. The van der Waals surface area contributed by atoms with E-state index in [1.165, 1.54) is 12.1 Å². The normalized spacial score (nSPS) is 16.7. The molecule has 2 rings (SSSR count). The minimum absolute atomic E-state index is 0.151. The Balaban J connectivity index is 2.83. The first kappa shape index (κ1) is 23.5. The Labute approximate surface area is 172 Å². The van der Waals surface area contributed by atoms with Gasteiger partial charge in [-0.25, -0.2) is 0 Å². The van der Waals surface area contributed by atoms with Gasteiger partial charge in [-0.15, -0.1) is 0 Å². The Hall–Kier alpha value is -1.80. The monoisotopic (exact) mass is 444 g/mol. The van der Waals surface area contributed by atoms with E-state index in [1.807, 2.05) is 44.2 Å². The van der Waals surface area contributed by atoms with E-state index in [0.29, 0.717) is 5.19 Å². The highest BCUT2D eigenvalue weighted by molar-refractivity contribution is 7.88. The van der Waals surface area contributed by atoms with Crippen molar-refractivity contribution in [3.63, 3.8) is 0 Å². The predicted octanol–water partition coefficient (Wildman–Crippen LogP) is 5.08. The van der Waals surface area contributed by atoms with E-state index >= 15 is 0 Å². The fourth-order valence-corrected chi connectivity index (χ4v) is 11.1. The molecule has 0 heterocycles. The van der Waals surface area contributed by atoms with Crippen molar-refractivity contribution in [2.45, 2.75) is 57.1 Å². The van der Waals surface area contributed by atoms with Crippen molar-refractivity contribution in [2.75, 3.05) is 0 Å². The van der Waals surface area contributed by atoms with E-state index in [0.717, 1.165) is 18.0 Å². The fraction of sp³-hybridized carbons (Fsp3) is 0.429. The summed E-state index contributed by atoms with van der Waals surface area (Å²) in [6, 6.07) is 16.0. The number of benzene rings is 2. The maximum Gasteiger partial charge on any atom is 0.534 e. The van der Waals surface area contributed by atoms with Crippen LogP contribution in [0, 0.1) is 0 Å². The fourth-order valence-electron chi connectivity index (χ4n) is 4.15. The number of halogens is 3. The lowest BCUT2D eigenvalue weighted by molar-refractivity contribution is -0.0499. The third-order valence-electron chi connectivity index (χ3n) is 5.85. The molecule has 0 aliphatic rings. The molecular formula is C21H27F3O3SSi. The SMILES string of the molecule is CCC(C)[Si](c1ccccc1)(c1ccccc1OS(=O)(=O)C(F)(F)F)C(C)CC. The Morgan fingerprint density at radius 2 is 1.38 bits per heavy atom. The first-order valence-corrected chi connectivity index (χ1v) is 13.2. The highest BCUT2D eigenvalue weighted by atomic mass is 32.2. The Kier molecular flexibility index (Phi) is 7.22. The molecule has 0 N–H and O–H groups in total. The van der Waals surface area contributed by atoms with Gasteiger partial charge in [0, 0.05) is 0 Å². The van der Waals surface area contributed by atoms with Crippen LogP contribution in [0.3, 0.4) is 0 Å². The predicted molar refractivity (Wildman–Crippen MR) is 113 cm³/mol. The molecule has 0 bridgehead atoms. The van der Waals surface area contributed by atoms with Gasteiger partial charge in [0.15, 0.2) is 0 Å². The standard InChI is InChI=1S/C21H27F3O3SSi/c1-5-16(3)29(17(4)6-2,18-12-8-7-9-13-18)20-15-11-10-14-19(20)27-28(25,26)21(22,23)24/h7-17H,5-6H2,1-4H3. The molecule has 2 atom stereocenters. The molecule has 8 heteroatoms. The molecule has 2 unspecified atom stereocenters. The lowest BCUT2D eigenvalue weighted by atomic mass is 10.3. The highest BCUT2D eigenvalue weighted by Crippen LogP contribution is 2.39. The van der Waals surface area contributed by atoms with Gasteiger partial charge < -0.3 is 4.18 Å². The maximum absolute atomic E-state index is 13.0. The third kappa shape index (κ3) is 4.38. The zero-order valence-corrected chi connectivity index (χ0v) is 18.8. The van der Waals surface area contributed by atoms with E-state index in [1.54, 1.807) is 12.1 Å². The van der Waals surface area contributed by atoms with Crippen LogP contribution in [0.25, 0.3) is 0 Å². The van der Waals surface area contributed by atoms with Gasteiger partial charge >= 0.3 is 15.6 Å². The van der Waals surface area contributed by atoms with Gasteiger partial charge in [-0.3, -0.25) is 0 Å². The van der Waals surface area contributed by atoms with Crippen molar-refractivity contribution in [2.24, 2.45) is 0 Å². The van der Waals surface area contributed by atoms with Gasteiger partial charge in [-0.05, 0) is 22.3 Å². The van der Waals surface area contributed by atoms with E-state index in [2.05, 4.69) is 13.8 Å². The number of rotatable bonds is 8. The lowest BCUT2D eigenvalue weighted by Gasteiger charge is -2.43. The zero-order valence-electron chi connectivity index (χ0n) is 17.0. The lowest BCUT2D eigenvalue weighted by Crippen LogP contribution is -2.64. The number of hydrogen-bond donors (Lipinski definition) is 0. The molecule has 0 aliphatic heterocycles. The largest absolute Gasteiger partial charge is 0.534 e. The summed E-state index contributed by atoms with van der Waals surface area (Å²) in [5, 5.41) is 1.65. The van der Waals surface area contributed by atoms with Crippen LogP contribution in [0.4, 0.5) is 13.2 Å². The molecule has 29 heavy (non-hydrogen) atoms. The molecule has 160 valence electrons. The quantitative estimate of drug-likeness (QED) is 0.324. The Morgan fingerprint density at radius 1 is 0.897 bits per heavy atom. The van der Waals surface area contributed by atoms with Crippen molar-refractivity contribution in [3.05, 3.63) is 54.6 Å². The third-order valence-corrected chi connectivity index (χ3v) is 13.3. The smallest absolute Gasteiger partial charge is 0.376 e. The summed E-state index contributed by atoms with van der Waals surface area (Å²) in [7, 11) is -8.47. The van der Waals surface area contributed by atoms with Crippen LogP contribution in [0.15, 0.2) is 54.6 Å². The van der Waals surface area contributed by atoms with Crippen LogP contribution < -0.4 is 14.6 Å². The molecule has 0 radical (unpaired) electrons. The molecule has 0 aromatic heterocycles. The van der Waals surface area contributed by atoms with Gasteiger partial charge in [0.2, 0.25) is 0 Å². The van der Waals surface area contributed by atoms with Crippen molar-refractivity contribution >= 4 is 28.6 Å². The Morgan fingerprint density at radius 3 is 1.86 bits per heavy atom. The van der Waals surface area contributed by atoms with E-state index in [-0.39, 0.29) is 16.8 Å². The van der Waals surface area contributed by atoms with Crippen molar-refractivity contribution in [1.29, 1.82) is 0 Å². The first-order chi connectivity index (χ1) is 13.5. The molecule has 0 fully saturated rings. The molecule has 0 saturated heterocycles.